The molecule has 0 atom stereocenters. The largest absolute Gasteiger partial charge is 0.398 e. The van der Waals surface area contributed by atoms with Gasteiger partial charge in [-0.2, -0.15) is 0 Å². The Morgan fingerprint density at radius 3 is 2.53 bits per heavy atom. The highest BCUT2D eigenvalue weighted by Crippen LogP contribution is 2.24. The lowest BCUT2D eigenvalue weighted by Gasteiger charge is -2.16. The van der Waals surface area contributed by atoms with E-state index < -0.39 is 0 Å². The molecule has 2 aromatic rings. The average molecular weight is 295 g/mol. The topological polar surface area (TPSA) is 46.3 Å². The van der Waals surface area contributed by atoms with Crippen LogP contribution < -0.4 is 5.73 Å². The number of amides is 1. The molecule has 0 aliphatic carbocycles. The number of nitrogen functional groups attached to an aromatic ring is 1. The quantitative estimate of drug-likeness (QED) is 0.941. The molecule has 100 valence electrons. The molecule has 19 heavy (non-hydrogen) atoms. The summed E-state index contributed by atoms with van der Waals surface area (Å²) in [6.45, 7) is 2.46. The van der Waals surface area contributed by atoms with Crippen molar-refractivity contribution >= 4 is 34.5 Å². The standard InChI is InChI=1S/C14H15ClN2OS/c1-9-12(16)7-13(19-9)14(18)17(2)8-10-3-5-11(15)6-4-10/h3-7H,8,16H2,1-2H3. The van der Waals surface area contributed by atoms with Gasteiger partial charge in [0.25, 0.3) is 5.91 Å². The molecule has 2 N–H and O–H groups in total. The molecule has 2 rings (SSSR count). The molecule has 0 spiro atoms. The van der Waals surface area contributed by atoms with Crippen molar-refractivity contribution in [3.8, 4) is 0 Å². The van der Waals surface area contributed by atoms with Crippen LogP contribution in [0.15, 0.2) is 30.3 Å². The summed E-state index contributed by atoms with van der Waals surface area (Å²) in [4.78, 5) is 15.6. The minimum Gasteiger partial charge on any atom is -0.398 e. The lowest BCUT2D eigenvalue weighted by molar-refractivity contribution is 0.0790. The Morgan fingerprint density at radius 2 is 2.00 bits per heavy atom. The van der Waals surface area contributed by atoms with E-state index in [0.717, 1.165) is 10.4 Å². The second-order valence-electron chi connectivity index (χ2n) is 4.41. The maximum absolute atomic E-state index is 12.2. The first-order chi connectivity index (χ1) is 8.97. The summed E-state index contributed by atoms with van der Waals surface area (Å²) in [5.41, 5.74) is 7.49. The number of halogens is 1. The Hall–Kier alpha value is -1.52. The summed E-state index contributed by atoms with van der Waals surface area (Å²) in [6.07, 6.45) is 0. The number of aryl methyl sites for hydroxylation is 1. The lowest BCUT2D eigenvalue weighted by atomic mass is 10.2. The van der Waals surface area contributed by atoms with E-state index in [4.69, 9.17) is 17.3 Å². The maximum Gasteiger partial charge on any atom is 0.264 e. The van der Waals surface area contributed by atoms with Crippen LogP contribution in [-0.4, -0.2) is 17.9 Å². The predicted octanol–water partition coefficient (Wildman–Crippen LogP) is 3.56. The Morgan fingerprint density at radius 1 is 1.37 bits per heavy atom. The number of nitrogens with zero attached hydrogens (tertiary/aromatic N) is 1. The van der Waals surface area contributed by atoms with Gasteiger partial charge in [-0.15, -0.1) is 11.3 Å². The maximum atomic E-state index is 12.2. The first kappa shape index (κ1) is 13.9. The van der Waals surface area contributed by atoms with Crippen molar-refractivity contribution in [2.45, 2.75) is 13.5 Å². The van der Waals surface area contributed by atoms with E-state index in [2.05, 4.69) is 0 Å². The van der Waals surface area contributed by atoms with Gasteiger partial charge in [0.1, 0.15) is 0 Å². The van der Waals surface area contributed by atoms with E-state index in [1.165, 1.54) is 11.3 Å². The molecule has 1 amide bonds. The number of rotatable bonds is 3. The number of hydrogen-bond acceptors (Lipinski definition) is 3. The average Bonchev–Trinajstić information content (AvgIpc) is 2.71. The number of hydrogen-bond donors (Lipinski definition) is 1. The molecule has 0 bridgehead atoms. The molecule has 1 aromatic heterocycles. The Bertz CT molecular complexity index is 572. The Labute approximate surface area is 121 Å². The predicted molar refractivity (Wildman–Crippen MR) is 80.7 cm³/mol. The van der Waals surface area contributed by atoms with Gasteiger partial charge in [-0.1, -0.05) is 23.7 Å². The van der Waals surface area contributed by atoms with Gasteiger partial charge in [0.2, 0.25) is 0 Å². The zero-order valence-electron chi connectivity index (χ0n) is 10.8. The highest BCUT2D eigenvalue weighted by molar-refractivity contribution is 7.14. The fraction of sp³-hybridized carbons (Fsp3) is 0.214. The highest BCUT2D eigenvalue weighted by atomic mass is 35.5. The summed E-state index contributed by atoms with van der Waals surface area (Å²) >= 11 is 7.26. The van der Waals surface area contributed by atoms with Crippen LogP contribution in [0.5, 0.6) is 0 Å². The van der Waals surface area contributed by atoms with Crippen molar-refractivity contribution in [3.63, 3.8) is 0 Å². The molecule has 0 aliphatic rings. The molecular weight excluding hydrogens is 280 g/mol. The van der Waals surface area contributed by atoms with Crippen molar-refractivity contribution in [1.82, 2.24) is 4.90 Å². The fourth-order valence-electron chi connectivity index (χ4n) is 1.73. The van der Waals surface area contributed by atoms with Crippen LogP contribution in [0.4, 0.5) is 5.69 Å². The lowest BCUT2D eigenvalue weighted by Crippen LogP contribution is -2.25. The Balaban J connectivity index is 2.09. The third kappa shape index (κ3) is 3.28. The first-order valence-corrected chi connectivity index (χ1v) is 7.02. The van der Waals surface area contributed by atoms with Crippen molar-refractivity contribution < 1.29 is 4.79 Å². The van der Waals surface area contributed by atoms with E-state index in [0.29, 0.717) is 22.1 Å². The van der Waals surface area contributed by atoms with Gasteiger partial charge in [0.15, 0.2) is 0 Å². The molecule has 0 unspecified atom stereocenters. The van der Waals surface area contributed by atoms with Crippen molar-refractivity contribution in [2.24, 2.45) is 0 Å². The third-order valence-corrected chi connectivity index (χ3v) is 4.15. The van der Waals surface area contributed by atoms with Gasteiger partial charge in [0, 0.05) is 29.2 Å². The number of carbonyl (C=O) groups excluding carboxylic acids is 1. The van der Waals surface area contributed by atoms with Gasteiger partial charge in [-0.25, -0.2) is 0 Å². The van der Waals surface area contributed by atoms with Crippen molar-refractivity contribution in [3.05, 3.63) is 50.7 Å². The molecule has 0 saturated carbocycles. The zero-order valence-corrected chi connectivity index (χ0v) is 12.4. The minimum atomic E-state index is -0.0141. The monoisotopic (exact) mass is 294 g/mol. The van der Waals surface area contributed by atoms with Gasteiger partial charge in [-0.3, -0.25) is 4.79 Å². The van der Waals surface area contributed by atoms with E-state index in [1.807, 2.05) is 31.2 Å². The van der Waals surface area contributed by atoms with Gasteiger partial charge in [-0.05, 0) is 30.7 Å². The SMILES string of the molecule is Cc1sc(C(=O)N(C)Cc2ccc(Cl)cc2)cc1N. The molecule has 0 fully saturated rings. The summed E-state index contributed by atoms with van der Waals surface area (Å²) in [5, 5.41) is 0.694. The van der Waals surface area contributed by atoms with E-state index in [9.17, 15) is 4.79 Å². The van der Waals surface area contributed by atoms with Gasteiger partial charge < -0.3 is 10.6 Å². The Kier molecular flexibility index (Phi) is 4.12. The van der Waals surface area contributed by atoms with Crippen LogP contribution in [0, 0.1) is 6.92 Å². The summed E-state index contributed by atoms with van der Waals surface area (Å²) in [5.74, 6) is -0.0141. The summed E-state index contributed by atoms with van der Waals surface area (Å²) in [7, 11) is 1.78. The smallest absolute Gasteiger partial charge is 0.264 e. The van der Waals surface area contributed by atoms with Crippen LogP contribution in [0.1, 0.15) is 20.1 Å². The highest BCUT2D eigenvalue weighted by Gasteiger charge is 2.15. The normalized spacial score (nSPS) is 10.5. The second-order valence-corrected chi connectivity index (χ2v) is 6.10. The van der Waals surface area contributed by atoms with Crippen LogP contribution in [-0.2, 0) is 6.54 Å². The molecule has 1 heterocycles. The number of benzene rings is 1. The van der Waals surface area contributed by atoms with Crippen LogP contribution in [0.25, 0.3) is 0 Å². The van der Waals surface area contributed by atoms with E-state index >= 15 is 0 Å². The summed E-state index contributed by atoms with van der Waals surface area (Å²) in [6, 6.07) is 9.21. The van der Waals surface area contributed by atoms with E-state index in [-0.39, 0.29) is 5.91 Å². The molecule has 0 saturated heterocycles. The fourth-order valence-corrected chi connectivity index (χ4v) is 2.79. The van der Waals surface area contributed by atoms with Crippen LogP contribution in [0.2, 0.25) is 5.02 Å². The van der Waals surface area contributed by atoms with Gasteiger partial charge >= 0.3 is 0 Å². The molecule has 0 radical (unpaired) electrons. The van der Waals surface area contributed by atoms with Gasteiger partial charge in [0.05, 0.1) is 4.88 Å². The first-order valence-electron chi connectivity index (χ1n) is 5.83. The van der Waals surface area contributed by atoms with Crippen molar-refractivity contribution in [1.29, 1.82) is 0 Å². The number of anilines is 1. The van der Waals surface area contributed by atoms with Crippen LogP contribution >= 0.6 is 22.9 Å². The second kappa shape index (κ2) is 5.63. The molecule has 0 aliphatic heterocycles. The minimum absolute atomic E-state index is 0.0141. The molecule has 3 nitrogen and oxygen atoms in total. The van der Waals surface area contributed by atoms with Crippen LogP contribution in [0.3, 0.4) is 0 Å². The number of carbonyl (C=O) groups is 1. The van der Waals surface area contributed by atoms with Crippen molar-refractivity contribution in [2.75, 3.05) is 12.8 Å². The zero-order chi connectivity index (χ0) is 14.0. The molecular formula is C14H15ClN2OS. The number of thiophene rings is 1. The molecule has 5 heteroatoms. The van der Waals surface area contributed by atoms with E-state index in [1.54, 1.807) is 18.0 Å². The third-order valence-electron chi connectivity index (χ3n) is 2.85. The molecule has 1 aromatic carbocycles. The number of nitrogens with two attached hydrogens (primary N) is 1. The summed E-state index contributed by atoms with van der Waals surface area (Å²) < 4.78 is 0.